The molecule has 2 N–H and O–H groups in total. The van der Waals surface area contributed by atoms with Crippen LogP contribution in [0.3, 0.4) is 0 Å². The van der Waals surface area contributed by atoms with Crippen molar-refractivity contribution in [3.8, 4) is 5.75 Å². The summed E-state index contributed by atoms with van der Waals surface area (Å²) in [6, 6.07) is 13.6. The van der Waals surface area contributed by atoms with Crippen molar-refractivity contribution in [1.29, 1.82) is 0 Å². The molecular formula is C22H24N2O4S2. The van der Waals surface area contributed by atoms with Crippen molar-refractivity contribution in [3.63, 3.8) is 0 Å². The number of hydrogen-bond acceptors (Lipinski definition) is 5. The molecule has 0 fully saturated rings. The highest BCUT2D eigenvalue weighted by Crippen LogP contribution is 2.24. The zero-order chi connectivity index (χ0) is 21.6. The van der Waals surface area contributed by atoms with Crippen molar-refractivity contribution in [2.45, 2.75) is 31.6 Å². The fourth-order valence-electron chi connectivity index (χ4n) is 2.88. The number of hydrogen-bond donors (Lipinski definition) is 2. The summed E-state index contributed by atoms with van der Waals surface area (Å²) < 4.78 is 33.7. The summed E-state index contributed by atoms with van der Waals surface area (Å²) in [5.41, 5.74) is 2.58. The van der Waals surface area contributed by atoms with Crippen LogP contribution in [0, 0.1) is 6.92 Å². The molecule has 3 aromatic rings. The summed E-state index contributed by atoms with van der Waals surface area (Å²) in [6.07, 6.45) is 0.975. The average Bonchev–Trinajstić information content (AvgIpc) is 3.23. The maximum absolute atomic E-state index is 12.9. The topological polar surface area (TPSA) is 84.5 Å². The first kappa shape index (κ1) is 21.9. The number of nitrogens with one attached hydrogen (secondary N) is 2. The molecule has 0 radical (unpaired) electrons. The lowest BCUT2D eigenvalue weighted by molar-refractivity contribution is -0.116. The zero-order valence-corrected chi connectivity index (χ0v) is 18.5. The molecule has 2 aromatic carbocycles. The molecule has 30 heavy (non-hydrogen) atoms. The molecule has 158 valence electrons. The number of anilines is 2. The van der Waals surface area contributed by atoms with Crippen LogP contribution in [0.1, 0.15) is 24.5 Å². The highest BCUT2D eigenvalue weighted by atomic mass is 32.2. The third-order valence-electron chi connectivity index (χ3n) is 4.40. The van der Waals surface area contributed by atoms with Crippen molar-refractivity contribution < 1.29 is 17.9 Å². The number of carbonyl (C=O) groups is 1. The number of aryl methyl sites for hydroxylation is 2. The molecular weight excluding hydrogens is 420 g/mol. The second kappa shape index (κ2) is 9.77. The molecule has 1 amide bonds. The number of rotatable bonds is 9. The molecule has 8 heteroatoms. The Morgan fingerprint density at radius 1 is 1.07 bits per heavy atom. The van der Waals surface area contributed by atoms with Gasteiger partial charge in [-0.2, -0.15) is 11.3 Å². The average molecular weight is 445 g/mol. The smallest absolute Gasteiger partial charge is 0.262 e. The van der Waals surface area contributed by atoms with Crippen molar-refractivity contribution in [1.82, 2.24) is 0 Å². The first-order valence-corrected chi connectivity index (χ1v) is 12.0. The number of amides is 1. The fraction of sp³-hybridized carbons (Fsp3) is 0.227. The highest BCUT2D eigenvalue weighted by Gasteiger charge is 2.18. The SMILES string of the molecule is CCOc1ccc(NS(=O)(=O)c2cc(NC(=O)CCc3ccsc3)ccc2C)cc1. The van der Waals surface area contributed by atoms with Crippen LogP contribution in [-0.4, -0.2) is 20.9 Å². The van der Waals surface area contributed by atoms with E-state index in [1.54, 1.807) is 54.7 Å². The standard InChI is InChI=1S/C22H24N2O4S2/c1-3-28-20-9-7-18(8-10-20)24-30(26,27)21-14-19(6-4-16(21)2)23-22(25)11-5-17-12-13-29-15-17/h4,6-10,12-15,24H,3,5,11H2,1-2H3,(H,23,25). The number of ether oxygens (including phenoxy) is 1. The summed E-state index contributed by atoms with van der Waals surface area (Å²) in [6.45, 7) is 4.14. The van der Waals surface area contributed by atoms with Gasteiger partial charge >= 0.3 is 0 Å². The Balaban J connectivity index is 1.70. The number of thiophene rings is 1. The fourth-order valence-corrected chi connectivity index (χ4v) is 4.91. The lowest BCUT2D eigenvalue weighted by Crippen LogP contribution is -2.16. The second-order valence-electron chi connectivity index (χ2n) is 6.72. The zero-order valence-electron chi connectivity index (χ0n) is 16.8. The molecule has 3 rings (SSSR count). The van der Waals surface area contributed by atoms with Gasteiger partial charge in [0.05, 0.1) is 11.5 Å². The monoisotopic (exact) mass is 444 g/mol. The van der Waals surface area contributed by atoms with E-state index in [1.165, 1.54) is 6.07 Å². The van der Waals surface area contributed by atoms with Crippen LogP contribution in [0.2, 0.25) is 0 Å². The van der Waals surface area contributed by atoms with Crippen LogP contribution in [0.5, 0.6) is 5.75 Å². The van der Waals surface area contributed by atoms with Crippen LogP contribution in [0.15, 0.2) is 64.2 Å². The predicted molar refractivity (Wildman–Crippen MR) is 121 cm³/mol. The van der Waals surface area contributed by atoms with Gasteiger partial charge in [-0.1, -0.05) is 6.07 Å². The van der Waals surface area contributed by atoms with Gasteiger partial charge in [-0.25, -0.2) is 8.42 Å². The van der Waals surface area contributed by atoms with E-state index in [9.17, 15) is 13.2 Å². The Kier molecular flexibility index (Phi) is 7.12. The highest BCUT2D eigenvalue weighted by molar-refractivity contribution is 7.92. The van der Waals surface area contributed by atoms with E-state index in [1.807, 2.05) is 23.8 Å². The van der Waals surface area contributed by atoms with Crippen LogP contribution in [0.4, 0.5) is 11.4 Å². The Labute approximate surface area is 181 Å². The van der Waals surface area contributed by atoms with Gasteiger partial charge in [-0.3, -0.25) is 9.52 Å². The van der Waals surface area contributed by atoms with E-state index in [4.69, 9.17) is 4.74 Å². The quantitative estimate of drug-likeness (QED) is 0.495. The Hall–Kier alpha value is -2.84. The maximum Gasteiger partial charge on any atom is 0.262 e. The lowest BCUT2D eigenvalue weighted by atomic mass is 10.2. The Bertz CT molecular complexity index is 1090. The summed E-state index contributed by atoms with van der Waals surface area (Å²) in [4.78, 5) is 12.4. The van der Waals surface area contributed by atoms with Gasteiger partial charge < -0.3 is 10.1 Å². The summed E-state index contributed by atoms with van der Waals surface area (Å²) >= 11 is 1.59. The minimum Gasteiger partial charge on any atom is -0.494 e. The minimum absolute atomic E-state index is 0.118. The van der Waals surface area contributed by atoms with Gasteiger partial charge in [0.25, 0.3) is 10.0 Å². The second-order valence-corrected chi connectivity index (χ2v) is 9.15. The van der Waals surface area contributed by atoms with Crippen LogP contribution >= 0.6 is 11.3 Å². The number of benzene rings is 2. The largest absolute Gasteiger partial charge is 0.494 e. The normalized spacial score (nSPS) is 11.1. The lowest BCUT2D eigenvalue weighted by Gasteiger charge is -2.13. The van der Waals surface area contributed by atoms with E-state index >= 15 is 0 Å². The van der Waals surface area contributed by atoms with E-state index in [2.05, 4.69) is 10.0 Å². The van der Waals surface area contributed by atoms with E-state index in [-0.39, 0.29) is 10.8 Å². The van der Waals surface area contributed by atoms with Crippen molar-refractivity contribution in [3.05, 3.63) is 70.4 Å². The van der Waals surface area contributed by atoms with Gasteiger partial charge in [-0.15, -0.1) is 0 Å². The van der Waals surface area contributed by atoms with Crippen molar-refractivity contribution >= 4 is 38.6 Å². The van der Waals surface area contributed by atoms with Gasteiger partial charge in [0.1, 0.15) is 5.75 Å². The number of carbonyl (C=O) groups excluding carboxylic acids is 1. The molecule has 0 atom stereocenters. The third-order valence-corrected chi connectivity index (χ3v) is 6.66. The summed E-state index contributed by atoms with van der Waals surface area (Å²) in [5, 5.41) is 6.77. The molecule has 0 saturated carbocycles. The molecule has 1 aromatic heterocycles. The molecule has 0 bridgehead atoms. The van der Waals surface area contributed by atoms with Gasteiger partial charge in [0, 0.05) is 17.8 Å². The molecule has 1 heterocycles. The number of sulfonamides is 1. The van der Waals surface area contributed by atoms with Gasteiger partial charge in [-0.05, 0) is 84.6 Å². The summed E-state index contributed by atoms with van der Waals surface area (Å²) in [7, 11) is -3.82. The van der Waals surface area contributed by atoms with Crippen LogP contribution in [0.25, 0.3) is 0 Å². The van der Waals surface area contributed by atoms with Crippen LogP contribution in [-0.2, 0) is 21.2 Å². The van der Waals surface area contributed by atoms with E-state index in [0.29, 0.717) is 42.1 Å². The minimum atomic E-state index is -3.82. The third kappa shape index (κ3) is 5.84. The van der Waals surface area contributed by atoms with Gasteiger partial charge in [0.15, 0.2) is 0 Å². The molecule has 0 saturated heterocycles. The molecule has 0 aliphatic rings. The first-order chi connectivity index (χ1) is 14.4. The van der Waals surface area contributed by atoms with Crippen LogP contribution < -0.4 is 14.8 Å². The molecule has 6 nitrogen and oxygen atoms in total. The maximum atomic E-state index is 12.9. The Morgan fingerprint density at radius 2 is 1.80 bits per heavy atom. The predicted octanol–water partition coefficient (Wildman–Crippen LogP) is 4.83. The van der Waals surface area contributed by atoms with E-state index in [0.717, 1.165) is 5.56 Å². The van der Waals surface area contributed by atoms with Gasteiger partial charge in [0.2, 0.25) is 5.91 Å². The first-order valence-electron chi connectivity index (χ1n) is 9.54. The van der Waals surface area contributed by atoms with E-state index < -0.39 is 10.0 Å². The summed E-state index contributed by atoms with van der Waals surface area (Å²) in [5.74, 6) is 0.511. The molecule has 0 aliphatic carbocycles. The van der Waals surface area contributed by atoms with Crippen molar-refractivity contribution in [2.75, 3.05) is 16.6 Å². The van der Waals surface area contributed by atoms with Crippen molar-refractivity contribution in [2.24, 2.45) is 0 Å². The molecule has 0 spiro atoms. The Morgan fingerprint density at radius 3 is 2.47 bits per heavy atom. The molecule has 0 aliphatic heterocycles. The molecule has 0 unspecified atom stereocenters.